The summed E-state index contributed by atoms with van der Waals surface area (Å²) in [5.74, 6) is -2.08. The number of nitro benzene ring substituents is 1. The van der Waals surface area contributed by atoms with Crippen LogP contribution in [0.5, 0.6) is 0 Å². The van der Waals surface area contributed by atoms with Crippen LogP contribution < -0.4 is 5.32 Å². The van der Waals surface area contributed by atoms with E-state index in [9.17, 15) is 24.1 Å². The zero-order valence-electron chi connectivity index (χ0n) is 10.5. The SMILES string of the molecule is CC(C)C(=O)CNC(=O)c1cc(F)ccc1[N+](=O)[O-]. The van der Waals surface area contributed by atoms with Crippen LogP contribution in [0, 0.1) is 21.8 Å². The van der Waals surface area contributed by atoms with E-state index in [1.807, 2.05) is 0 Å². The summed E-state index contributed by atoms with van der Waals surface area (Å²) in [5.41, 5.74) is -0.905. The molecule has 0 spiro atoms. The molecule has 1 amide bonds. The van der Waals surface area contributed by atoms with Gasteiger partial charge in [0.25, 0.3) is 11.6 Å². The van der Waals surface area contributed by atoms with Crippen molar-refractivity contribution in [3.63, 3.8) is 0 Å². The highest BCUT2D eigenvalue weighted by Crippen LogP contribution is 2.19. The molecule has 6 nitrogen and oxygen atoms in total. The smallest absolute Gasteiger partial charge is 0.282 e. The van der Waals surface area contributed by atoms with E-state index in [2.05, 4.69) is 5.32 Å². The third-order valence-electron chi connectivity index (χ3n) is 2.47. The maximum Gasteiger partial charge on any atom is 0.282 e. The minimum atomic E-state index is -0.847. The monoisotopic (exact) mass is 268 g/mol. The van der Waals surface area contributed by atoms with Gasteiger partial charge in [0, 0.05) is 12.0 Å². The van der Waals surface area contributed by atoms with Crippen molar-refractivity contribution < 1.29 is 18.9 Å². The summed E-state index contributed by atoms with van der Waals surface area (Å²) in [4.78, 5) is 33.0. The summed E-state index contributed by atoms with van der Waals surface area (Å²) in [7, 11) is 0. The molecule has 0 aliphatic heterocycles. The molecule has 0 atom stereocenters. The number of nitro groups is 1. The maximum absolute atomic E-state index is 13.0. The molecule has 19 heavy (non-hydrogen) atoms. The quantitative estimate of drug-likeness (QED) is 0.650. The number of ketones is 1. The first kappa shape index (κ1) is 14.7. The van der Waals surface area contributed by atoms with Crippen molar-refractivity contribution >= 4 is 17.4 Å². The van der Waals surface area contributed by atoms with Gasteiger partial charge >= 0.3 is 0 Å². The molecular weight excluding hydrogens is 255 g/mol. The van der Waals surface area contributed by atoms with Crippen LogP contribution in [-0.2, 0) is 4.79 Å². The minimum Gasteiger partial charge on any atom is -0.345 e. The summed E-state index contributed by atoms with van der Waals surface area (Å²) in [6.07, 6.45) is 0. The fourth-order valence-electron chi connectivity index (χ4n) is 1.32. The highest BCUT2D eigenvalue weighted by atomic mass is 19.1. The average molecular weight is 268 g/mol. The van der Waals surface area contributed by atoms with Gasteiger partial charge in [-0.3, -0.25) is 19.7 Å². The molecule has 1 aromatic rings. The van der Waals surface area contributed by atoms with E-state index in [1.165, 1.54) is 0 Å². The Hall–Kier alpha value is -2.31. The van der Waals surface area contributed by atoms with Gasteiger partial charge in [0.1, 0.15) is 11.4 Å². The Morgan fingerprint density at radius 1 is 1.42 bits per heavy atom. The number of carbonyl (C=O) groups is 2. The van der Waals surface area contributed by atoms with Crippen LogP contribution in [0.1, 0.15) is 24.2 Å². The molecule has 0 aliphatic rings. The predicted octanol–water partition coefficient (Wildman–Crippen LogP) is 1.69. The summed E-state index contributed by atoms with van der Waals surface area (Å²) in [5, 5.41) is 13.0. The van der Waals surface area contributed by atoms with Crippen molar-refractivity contribution in [1.82, 2.24) is 5.32 Å². The Morgan fingerprint density at radius 2 is 2.05 bits per heavy atom. The number of hydrogen-bond donors (Lipinski definition) is 1. The second kappa shape index (κ2) is 6.03. The van der Waals surface area contributed by atoms with Crippen molar-refractivity contribution in [2.45, 2.75) is 13.8 Å². The van der Waals surface area contributed by atoms with Crippen LogP contribution in [0.15, 0.2) is 18.2 Å². The van der Waals surface area contributed by atoms with Crippen molar-refractivity contribution in [1.29, 1.82) is 0 Å². The van der Waals surface area contributed by atoms with Gasteiger partial charge in [-0.1, -0.05) is 13.8 Å². The highest BCUT2D eigenvalue weighted by molar-refractivity contribution is 6.00. The third kappa shape index (κ3) is 3.84. The summed E-state index contributed by atoms with van der Waals surface area (Å²) < 4.78 is 13.0. The lowest BCUT2D eigenvalue weighted by atomic mass is 10.1. The van der Waals surface area contributed by atoms with E-state index in [4.69, 9.17) is 0 Å². The van der Waals surface area contributed by atoms with Gasteiger partial charge in [-0.2, -0.15) is 0 Å². The van der Waals surface area contributed by atoms with Gasteiger partial charge in [-0.25, -0.2) is 4.39 Å². The number of amides is 1. The number of halogens is 1. The zero-order valence-corrected chi connectivity index (χ0v) is 10.5. The molecule has 0 radical (unpaired) electrons. The van der Waals surface area contributed by atoms with Gasteiger partial charge in [0.2, 0.25) is 0 Å². The third-order valence-corrected chi connectivity index (χ3v) is 2.47. The number of nitrogens with one attached hydrogen (secondary N) is 1. The molecule has 0 saturated carbocycles. The molecule has 0 unspecified atom stereocenters. The van der Waals surface area contributed by atoms with Gasteiger partial charge in [0.05, 0.1) is 11.5 Å². The summed E-state index contributed by atoms with van der Waals surface area (Å²) in [6, 6.07) is 2.58. The zero-order chi connectivity index (χ0) is 14.6. The number of rotatable bonds is 5. The molecule has 0 bridgehead atoms. The largest absolute Gasteiger partial charge is 0.345 e. The number of benzene rings is 1. The fraction of sp³-hybridized carbons (Fsp3) is 0.333. The summed E-state index contributed by atoms with van der Waals surface area (Å²) in [6.45, 7) is 3.09. The molecule has 1 aromatic carbocycles. The Labute approximate surface area is 108 Å². The molecule has 1 N–H and O–H groups in total. The van der Waals surface area contributed by atoms with Crippen LogP contribution in [-0.4, -0.2) is 23.2 Å². The van der Waals surface area contributed by atoms with Crippen molar-refractivity contribution in [3.05, 3.63) is 39.7 Å². The van der Waals surface area contributed by atoms with E-state index in [0.29, 0.717) is 0 Å². The fourth-order valence-corrected chi connectivity index (χ4v) is 1.32. The lowest BCUT2D eigenvalue weighted by Crippen LogP contribution is -2.32. The van der Waals surface area contributed by atoms with E-state index in [1.54, 1.807) is 13.8 Å². The van der Waals surface area contributed by atoms with E-state index < -0.39 is 27.9 Å². The molecule has 0 fully saturated rings. The van der Waals surface area contributed by atoms with Crippen LogP contribution >= 0.6 is 0 Å². The predicted molar refractivity (Wildman–Crippen MR) is 65.2 cm³/mol. The van der Waals surface area contributed by atoms with Crippen molar-refractivity contribution in [2.24, 2.45) is 5.92 Å². The van der Waals surface area contributed by atoms with Crippen LogP contribution in [0.3, 0.4) is 0 Å². The summed E-state index contributed by atoms with van der Waals surface area (Å²) >= 11 is 0. The molecule has 0 aromatic heterocycles. The van der Waals surface area contributed by atoms with Crippen LogP contribution in [0.2, 0.25) is 0 Å². The number of hydrogen-bond acceptors (Lipinski definition) is 4. The number of Topliss-reactive ketones (excluding diaryl/α,β-unsaturated/α-hetero) is 1. The first-order chi connectivity index (χ1) is 8.82. The second-order valence-electron chi connectivity index (χ2n) is 4.22. The molecule has 102 valence electrons. The molecule has 7 heteroatoms. The number of carbonyl (C=O) groups excluding carboxylic acids is 2. The molecule has 0 aliphatic carbocycles. The Morgan fingerprint density at radius 3 is 2.58 bits per heavy atom. The first-order valence-corrected chi connectivity index (χ1v) is 5.57. The van der Waals surface area contributed by atoms with Gasteiger partial charge in [-0.15, -0.1) is 0 Å². The minimum absolute atomic E-state index is 0.215. The Balaban J connectivity index is 2.90. The van der Waals surface area contributed by atoms with Gasteiger partial charge < -0.3 is 5.32 Å². The van der Waals surface area contributed by atoms with Crippen LogP contribution in [0.4, 0.5) is 10.1 Å². The lowest BCUT2D eigenvalue weighted by molar-refractivity contribution is -0.385. The van der Waals surface area contributed by atoms with E-state index in [0.717, 1.165) is 18.2 Å². The second-order valence-corrected chi connectivity index (χ2v) is 4.22. The lowest BCUT2D eigenvalue weighted by Gasteiger charge is -2.07. The topological polar surface area (TPSA) is 89.3 Å². The molecular formula is C12H13FN2O4. The Kier molecular flexibility index (Phi) is 4.68. The highest BCUT2D eigenvalue weighted by Gasteiger charge is 2.21. The molecule has 0 saturated heterocycles. The van der Waals surface area contributed by atoms with E-state index >= 15 is 0 Å². The standard InChI is InChI=1S/C12H13FN2O4/c1-7(2)11(16)6-14-12(17)9-5-8(13)3-4-10(9)15(18)19/h3-5,7H,6H2,1-2H3,(H,14,17). The van der Waals surface area contributed by atoms with Crippen LogP contribution in [0.25, 0.3) is 0 Å². The van der Waals surface area contributed by atoms with Crippen molar-refractivity contribution in [2.75, 3.05) is 6.54 Å². The first-order valence-electron chi connectivity index (χ1n) is 5.57. The average Bonchev–Trinajstić information content (AvgIpc) is 2.34. The van der Waals surface area contributed by atoms with Gasteiger partial charge in [-0.05, 0) is 12.1 Å². The number of nitrogens with zero attached hydrogens (tertiary/aromatic N) is 1. The Bertz CT molecular complexity index is 528. The maximum atomic E-state index is 13.0. The normalized spacial score (nSPS) is 10.3. The molecule has 0 heterocycles. The van der Waals surface area contributed by atoms with E-state index in [-0.39, 0.29) is 18.2 Å². The van der Waals surface area contributed by atoms with Crippen molar-refractivity contribution in [3.8, 4) is 0 Å². The van der Waals surface area contributed by atoms with Gasteiger partial charge in [0.15, 0.2) is 5.78 Å². The molecule has 1 rings (SSSR count).